The maximum atomic E-state index is 12.9. The molecule has 7 nitrogen and oxygen atoms in total. The van der Waals surface area contributed by atoms with E-state index in [9.17, 15) is 21.6 Å². The summed E-state index contributed by atoms with van der Waals surface area (Å²) in [6, 6.07) is 5.38. The van der Waals surface area contributed by atoms with Crippen molar-refractivity contribution >= 4 is 25.8 Å². The van der Waals surface area contributed by atoms with Gasteiger partial charge in [-0.1, -0.05) is 0 Å². The molecule has 0 unspecified atom stereocenters. The molecule has 5 aliphatic rings. The highest BCUT2D eigenvalue weighted by molar-refractivity contribution is 7.92. The van der Waals surface area contributed by atoms with Crippen LogP contribution in [-0.4, -0.2) is 46.3 Å². The highest BCUT2D eigenvalue weighted by Crippen LogP contribution is 2.61. The molecule has 176 valence electrons. The lowest BCUT2D eigenvalue weighted by molar-refractivity contribution is -0.0688. The molecular formula is C23H32N2O5S2. The Morgan fingerprint density at radius 3 is 2.09 bits per heavy atom. The number of nitrogens with one attached hydrogen (secondary N) is 2. The molecule has 4 bridgehead atoms. The van der Waals surface area contributed by atoms with Crippen LogP contribution in [0, 0.1) is 23.2 Å². The lowest BCUT2D eigenvalue weighted by Gasteiger charge is -2.59. The fourth-order valence-electron chi connectivity index (χ4n) is 7.10. The van der Waals surface area contributed by atoms with Crippen LogP contribution in [0.3, 0.4) is 0 Å². The van der Waals surface area contributed by atoms with Crippen molar-refractivity contribution in [2.24, 2.45) is 23.2 Å². The number of carbonyl (C=O) groups is 1. The van der Waals surface area contributed by atoms with Gasteiger partial charge in [-0.15, -0.1) is 0 Å². The van der Waals surface area contributed by atoms with Crippen molar-refractivity contribution in [1.82, 2.24) is 10.0 Å². The van der Waals surface area contributed by atoms with E-state index >= 15 is 0 Å². The van der Waals surface area contributed by atoms with Crippen molar-refractivity contribution in [2.75, 3.05) is 11.5 Å². The molecule has 4 aliphatic carbocycles. The minimum atomic E-state index is -3.84. The molecule has 0 aromatic heterocycles. The van der Waals surface area contributed by atoms with E-state index in [-0.39, 0.29) is 40.2 Å². The van der Waals surface area contributed by atoms with E-state index in [1.54, 1.807) is 0 Å². The van der Waals surface area contributed by atoms with E-state index in [0.29, 0.717) is 5.56 Å². The van der Waals surface area contributed by atoms with Gasteiger partial charge in [0, 0.05) is 17.6 Å². The molecule has 1 aliphatic heterocycles. The Balaban J connectivity index is 1.24. The summed E-state index contributed by atoms with van der Waals surface area (Å²) in [5.41, 5.74) is 0.642. The average molecular weight is 481 g/mol. The zero-order valence-electron chi connectivity index (χ0n) is 18.4. The van der Waals surface area contributed by atoms with Crippen molar-refractivity contribution in [3.63, 3.8) is 0 Å². The summed E-state index contributed by atoms with van der Waals surface area (Å²) in [7, 11) is -7.01. The standard InChI is InChI=1S/C23H32N2O5S2/c1-15(23-11-16-8-17(12-23)10-18(9-16)13-23)24-22(26)19-2-4-21(5-3-19)32(29,30)25-20-6-7-31(27,28)14-20/h2-5,15-18,20,25H,6-14H2,1H3,(H,24,26)/t15-,16?,17?,18?,20-,23?/m1/s1. The molecule has 9 heteroatoms. The summed E-state index contributed by atoms with van der Waals surface area (Å²) < 4.78 is 50.9. The largest absolute Gasteiger partial charge is 0.349 e. The van der Waals surface area contributed by atoms with Crippen LogP contribution in [0.4, 0.5) is 0 Å². The number of hydrogen-bond acceptors (Lipinski definition) is 5. The second-order valence-electron chi connectivity index (χ2n) is 10.7. The second-order valence-corrected chi connectivity index (χ2v) is 14.7. The van der Waals surface area contributed by atoms with Crippen LogP contribution in [0.15, 0.2) is 29.2 Å². The van der Waals surface area contributed by atoms with E-state index in [1.165, 1.54) is 62.8 Å². The molecule has 2 N–H and O–H groups in total. The molecule has 0 radical (unpaired) electrons. The molecular weight excluding hydrogens is 448 g/mol. The first-order valence-corrected chi connectivity index (χ1v) is 15.0. The number of sulfone groups is 1. The highest BCUT2D eigenvalue weighted by atomic mass is 32.2. The number of hydrogen-bond donors (Lipinski definition) is 2. The SMILES string of the molecule is C[C@@H](NC(=O)c1ccc(S(=O)(=O)N[C@@H]2CCS(=O)(=O)C2)cc1)C12CC3CC(CC(C3)C1)C2. The van der Waals surface area contributed by atoms with Gasteiger partial charge in [0.25, 0.3) is 5.91 Å². The molecule has 4 saturated carbocycles. The quantitative estimate of drug-likeness (QED) is 0.650. The molecule has 0 spiro atoms. The number of carbonyl (C=O) groups excluding carboxylic acids is 1. The summed E-state index contributed by atoms with van der Waals surface area (Å²) in [6.07, 6.45) is 7.98. The van der Waals surface area contributed by atoms with E-state index in [0.717, 1.165) is 17.8 Å². The van der Waals surface area contributed by atoms with Gasteiger partial charge >= 0.3 is 0 Å². The Labute approximate surface area is 190 Å². The van der Waals surface area contributed by atoms with Gasteiger partial charge in [0.2, 0.25) is 10.0 Å². The van der Waals surface area contributed by atoms with Crippen LogP contribution in [0.2, 0.25) is 0 Å². The molecule has 1 amide bonds. The van der Waals surface area contributed by atoms with Crippen LogP contribution in [-0.2, 0) is 19.9 Å². The van der Waals surface area contributed by atoms with Gasteiger partial charge < -0.3 is 5.32 Å². The second kappa shape index (κ2) is 7.81. The fourth-order valence-corrected chi connectivity index (χ4v) is 10.2. The minimum Gasteiger partial charge on any atom is -0.349 e. The molecule has 1 aromatic carbocycles. The van der Waals surface area contributed by atoms with Gasteiger partial charge in [0.15, 0.2) is 9.84 Å². The number of sulfonamides is 1. The van der Waals surface area contributed by atoms with Crippen LogP contribution >= 0.6 is 0 Å². The number of rotatable bonds is 6. The zero-order chi connectivity index (χ0) is 22.7. The minimum absolute atomic E-state index is 0.00120. The van der Waals surface area contributed by atoms with Gasteiger partial charge in [-0.05, 0) is 99.3 Å². The summed E-state index contributed by atoms with van der Waals surface area (Å²) >= 11 is 0. The fraction of sp³-hybridized carbons (Fsp3) is 0.696. The van der Waals surface area contributed by atoms with Crippen LogP contribution in [0.1, 0.15) is 62.2 Å². The van der Waals surface area contributed by atoms with Crippen molar-refractivity contribution < 1.29 is 21.6 Å². The number of amides is 1. The summed E-state index contributed by atoms with van der Waals surface area (Å²) in [5, 5.41) is 3.21. The molecule has 1 heterocycles. The number of benzene rings is 1. The molecule has 1 saturated heterocycles. The predicted molar refractivity (Wildman–Crippen MR) is 121 cm³/mol. The van der Waals surface area contributed by atoms with Gasteiger partial charge in [0.1, 0.15) is 0 Å². The van der Waals surface area contributed by atoms with E-state index in [4.69, 9.17) is 0 Å². The van der Waals surface area contributed by atoms with Crippen molar-refractivity contribution in [1.29, 1.82) is 0 Å². The zero-order valence-corrected chi connectivity index (χ0v) is 20.1. The summed E-state index contributed by atoms with van der Waals surface area (Å²) in [6.45, 7) is 2.13. The predicted octanol–water partition coefficient (Wildman–Crippen LogP) is 2.49. The van der Waals surface area contributed by atoms with Crippen molar-refractivity contribution in [3.05, 3.63) is 29.8 Å². The third-order valence-corrected chi connectivity index (χ3v) is 11.6. The normalized spacial score (nSPS) is 36.2. The van der Waals surface area contributed by atoms with Crippen LogP contribution in [0.25, 0.3) is 0 Å². The van der Waals surface area contributed by atoms with Gasteiger partial charge in [-0.3, -0.25) is 4.79 Å². The molecule has 1 aromatic rings. The molecule has 6 rings (SSSR count). The topological polar surface area (TPSA) is 109 Å². The maximum Gasteiger partial charge on any atom is 0.251 e. The van der Waals surface area contributed by atoms with Crippen LogP contribution in [0.5, 0.6) is 0 Å². The Kier molecular flexibility index (Phi) is 5.45. The van der Waals surface area contributed by atoms with Gasteiger partial charge in [0.05, 0.1) is 16.4 Å². The lowest BCUT2D eigenvalue weighted by atomic mass is 9.48. The first-order chi connectivity index (χ1) is 15.0. The third kappa shape index (κ3) is 4.23. The summed E-state index contributed by atoms with van der Waals surface area (Å²) in [5.74, 6) is 2.09. The Bertz CT molecular complexity index is 1080. The van der Waals surface area contributed by atoms with E-state index in [2.05, 4.69) is 17.0 Å². The molecule has 2 atom stereocenters. The first kappa shape index (κ1) is 22.3. The first-order valence-electron chi connectivity index (χ1n) is 11.7. The summed E-state index contributed by atoms with van der Waals surface area (Å²) in [4.78, 5) is 13.0. The smallest absolute Gasteiger partial charge is 0.251 e. The van der Waals surface area contributed by atoms with Crippen molar-refractivity contribution in [2.45, 2.75) is 68.8 Å². The van der Waals surface area contributed by atoms with Gasteiger partial charge in [-0.25, -0.2) is 21.6 Å². The van der Waals surface area contributed by atoms with Crippen molar-refractivity contribution in [3.8, 4) is 0 Å². The highest BCUT2D eigenvalue weighted by Gasteiger charge is 2.53. The molecule has 5 fully saturated rings. The Morgan fingerprint density at radius 2 is 1.59 bits per heavy atom. The lowest BCUT2D eigenvalue weighted by Crippen LogP contribution is -2.55. The maximum absolute atomic E-state index is 12.9. The Hall–Kier alpha value is -1.45. The Morgan fingerprint density at radius 1 is 1.03 bits per heavy atom. The molecule has 32 heavy (non-hydrogen) atoms. The van der Waals surface area contributed by atoms with Crippen LogP contribution < -0.4 is 10.0 Å². The van der Waals surface area contributed by atoms with E-state index in [1.807, 2.05) is 0 Å². The van der Waals surface area contributed by atoms with E-state index < -0.39 is 25.9 Å². The average Bonchev–Trinajstić information content (AvgIpc) is 3.04. The van der Waals surface area contributed by atoms with Gasteiger partial charge in [-0.2, -0.15) is 0 Å². The third-order valence-electron chi connectivity index (χ3n) is 8.33. The monoisotopic (exact) mass is 480 g/mol.